The summed E-state index contributed by atoms with van der Waals surface area (Å²) >= 11 is 0. The zero-order valence-electron chi connectivity index (χ0n) is 13.5. The molecule has 0 aliphatic rings. The van der Waals surface area contributed by atoms with E-state index in [4.69, 9.17) is 9.47 Å². The number of nitrogens with one attached hydrogen (secondary N) is 1. The second-order valence-electron chi connectivity index (χ2n) is 5.28. The first-order chi connectivity index (χ1) is 11.3. The third-order valence-electron chi connectivity index (χ3n) is 3.85. The van der Waals surface area contributed by atoms with Gasteiger partial charge >= 0.3 is 0 Å². The second kappa shape index (κ2) is 7.05. The molecule has 0 fully saturated rings. The number of fused-ring (bicyclic) bond motifs is 1. The molecule has 0 aromatic heterocycles. The van der Waals surface area contributed by atoms with Crippen molar-refractivity contribution < 1.29 is 9.47 Å². The van der Waals surface area contributed by atoms with E-state index in [1.165, 1.54) is 16.3 Å². The highest BCUT2D eigenvalue weighted by Crippen LogP contribution is 2.29. The van der Waals surface area contributed by atoms with Gasteiger partial charge in [-0.05, 0) is 48.0 Å². The van der Waals surface area contributed by atoms with Gasteiger partial charge in [0.2, 0.25) is 0 Å². The normalized spacial score (nSPS) is 10.5. The maximum absolute atomic E-state index is 5.53. The van der Waals surface area contributed by atoms with Crippen LogP contribution < -0.4 is 14.8 Å². The molecule has 3 heteroatoms. The smallest absolute Gasteiger partial charge is 0.124 e. The van der Waals surface area contributed by atoms with Gasteiger partial charge in [-0.1, -0.05) is 30.3 Å². The van der Waals surface area contributed by atoms with Crippen molar-refractivity contribution in [3.8, 4) is 11.5 Å². The number of hydrogen-bond acceptors (Lipinski definition) is 3. The summed E-state index contributed by atoms with van der Waals surface area (Å²) in [6, 6.07) is 20.5. The molecule has 0 saturated heterocycles. The number of benzene rings is 3. The van der Waals surface area contributed by atoms with Crippen molar-refractivity contribution in [1.29, 1.82) is 0 Å². The number of rotatable bonds is 6. The lowest BCUT2D eigenvalue weighted by Crippen LogP contribution is -2.02. The summed E-state index contributed by atoms with van der Waals surface area (Å²) in [5, 5.41) is 5.89. The van der Waals surface area contributed by atoms with Crippen molar-refractivity contribution in [3.05, 3.63) is 66.2 Å². The molecule has 1 N–H and O–H groups in total. The minimum atomic E-state index is 0.681. The second-order valence-corrected chi connectivity index (χ2v) is 5.28. The Bertz CT molecular complexity index is 781. The van der Waals surface area contributed by atoms with Crippen LogP contribution in [0.5, 0.6) is 11.5 Å². The predicted molar refractivity (Wildman–Crippen MR) is 95.4 cm³/mol. The van der Waals surface area contributed by atoms with Crippen LogP contribution in [0.4, 0.5) is 5.69 Å². The van der Waals surface area contributed by atoms with Crippen LogP contribution >= 0.6 is 0 Å². The fraction of sp³-hybridized carbons (Fsp3) is 0.200. The molecular weight excluding hydrogens is 286 g/mol. The summed E-state index contributed by atoms with van der Waals surface area (Å²) < 4.78 is 11.0. The Labute approximate surface area is 136 Å². The van der Waals surface area contributed by atoms with E-state index in [9.17, 15) is 0 Å². The lowest BCUT2D eigenvalue weighted by atomic mass is 10.0. The van der Waals surface area contributed by atoms with Crippen LogP contribution in [-0.2, 0) is 6.54 Å². The van der Waals surface area contributed by atoms with Crippen LogP contribution in [0.1, 0.15) is 12.5 Å². The molecule has 0 saturated carbocycles. The quantitative estimate of drug-likeness (QED) is 0.705. The van der Waals surface area contributed by atoms with Crippen molar-refractivity contribution >= 4 is 16.5 Å². The van der Waals surface area contributed by atoms with E-state index in [-0.39, 0.29) is 0 Å². The van der Waals surface area contributed by atoms with Crippen LogP contribution in [0, 0.1) is 0 Å². The number of anilines is 1. The Balaban J connectivity index is 1.83. The van der Waals surface area contributed by atoms with Crippen LogP contribution in [0.15, 0.2) is 60.7 Å². The van der Waals surface area contributed by atoms with E-state index in [0.29, 0.717) is 13.2 Å². The molecule has 0 aliphatic heterocycles. The number of hydrogen-bond donors (Lipinski definition) is 1. The van der Waals surface area contributed by atoms with Gasteiger partial charge in [-0.15, -0.1) is 0 Å². The summed E-state index contributed by atoms with van der Waals surface area (Å²) in [6.07, 6.45) is 0. The molecular formula is C20H21NO2. The van der Waals surface area contributed by atoms with Crippen molar-refractivity contribution in [2.75, 3.05) is 19.0 Å². The first-order valence-electron chi connectivity index (χ1n) is 7.83. The van der Waals surface area contributed by atoms with E-state index >= 15 is 0 Å². The third-order valence-corrected chi connectivity index (χ3v) is 3.85. The molecule has 0 atom stereocenters. The van der Waals surface area contributed by atoms with Gasteiger partial charge in [0.05, 0.1) is 13.7 Å². The summed E-state index contributed by atoms with van der Waals surface area (Å²) in [4.78, 5) is 0. The Kier molecular flexibility index (Phi) is 4.67. The summed E-state index contributed by atoms with van der Waals surface area (Å²) in [5.74, 6) is 1.79. The molecule has 0 amide bonds. The van der Waals surface area contributed by atoms with Gasteiger partial charge < -0.3 is 14.8 Å². The molecule has 118 valence electrons. The highest BCUT2D eigenvalue weighted by atomic mass is 16.5. The molecule has 0 aliphatic carbocycles. The van der Waals surface area contributed by atoms with Crippen LogP contribution in [-0.4, -0.2) is 13.7 Å². The molecule has 0 radical (unpaired) electrons. The average Bonchev–Trinajstić information content (AvgIpc) is 2.61. The first kappa shape index (κ1) is 15.2. The van der Waals surface area contributed by atoms with E-state index in [0.717, 1.165) is 17.2 Å². The topological polar surface area (TPSA) is 30.5 Å². The van der Waals surface area contributed by atoms with Crippen molar-refractivity contribution in [1.82, 2.24) is 0 Å². The molecule has 23 heavy (non-hydrogen) atoms. The maximum Gasteiger partial charge on any atom is 0.124 e. The summed E-state index contributed by atoms with van der Waals surface area (Å²) in [5.41, 5.74) is 2.22. The lowest BCUT2D eigenvalue weighted by molar-refractivity contribution is 0.340. The Hall–Kier alpha value is -2.68. The molecule has 0 bridgehead atoms. The Morgan fingerprint density at radius 2 is 1.70 bits per heavy atom. The Morgan fingerprint density at radius 3 is 2.43 bits per heavy atom. The minimum Gasteiger partial charge on any atom is -0.496 e. The van der Waals surface area contributed by atoms with Gasteiger partial charge in [0.25, 0.3) is 0 Å². The Morgan fingerprint density at radius 1 is 0.913 bits per heavy atom. The van der Waals surface area contributed by atoms with E-state index < -0.39 is 0 Å². The largest absolute Gasteiger partial charge is 0.496 e. The van der Waals surface area contributed by atoms with E-state index in [1.807, 2.05) is 37.3 Å². The van der Waals surface area contributed by atoms with E-state index in [1.54, 1.807) is 7.11 Å². The minimum absolute atomic E-state index is 0.681. The predicted octanol–water partition coefficient (Wildman–Crippen LogP) is 4.86. The van der Waals surface area contributed by atoms with E-state index in [2.05, 4.69) is 35.6 Å². The third kappa shape index (κ3) is 3.39. The molecule has 3 nitrogen and oxygen atoms in total. The highest BCUT2D eigenvalue weighted by Gasteiger charge is 2.08. The summed E-state index contributed by atoms with van der Waals surface area (Å²) in [6.45, 7) is 3.37. The van der Waals surface area contributed by atoms with Gasteiger partial charge in [0, 0.05) is 17.8 Å². The highest BCUT2D eigenvalue weighted by molar-refractivity contribution is 5.88. The lowest BCUT2D eigenvalue weighted by Gasteiger charge is -2.14. The molecule has 0 unspecified atom stereocenters. The molecule has 3 rings (SSSR count). The van der Waals surface area contributed by atoms with Gasteiger partial charge in [0.1, 0.15) is 11.5 Å². The number of methoxy groups -OCH3 is 1. The monoisotopic (exact) mass is 307 g/mol. The fourth-order valence-corrected chi connectivity index (χ4v) is 2.72. The van der Waals surface area contributed by atoms with Crippen molar-refractivity contribution in [3.63, 3.8) is 0 Å². The van der Waals surface area contributed by atoms with Gasteiger partial charge in [-0.2, -0.15) is 0 Å². The first-order valence-corrected chi connectivity index (χ1v) is 7.83. The maximum atomic E-state index is 5.53. The van der Waals surface area contributed by atoms with Crippen molar-refractivity contribution in [2.45, 2.75) is 13.5 Å². The standard InChI is InChI=1S/C20H21NO2/c1-3-23-17-11-9-16(10-12-17)21-14-19-18-7-5-4-6-15(18)8-13-20(19)22-2/h4-13,21H,3,14H2,1-2H3. The molecule has 3 aromatic carbocycles. The molecule has 3 aromatic rings. The van der Waals surface area contributed by atoms with Gasteiger partial charge in [-0.3, -0.25) is 0 Å². The molecule has 0 heterocycles. The van der Waals surface area contributed by atoms with Gasteiger partial charge in [0.15, 0.2) is 0 Å². The van der Waals surface area contributed by atoms with Crippen molar-refractivity contribution in [2.24, 2.45) is 0 Å². The SMILES string of the molecule is CCOc1ccc(NCc2c(OC)ccc3ccccc23)cc1. The van der Waals surface area contributed by atoms with Gasteiger partial charge in [-0.25, -0.2) is 0 Å². The van der Waals surface area contributed by atoms with Crippen LogP contribution in [0.25, 0.3) is 10.8 Å². The van der Waals surface area contributed by atoms with Crippen LogP contribution in [0.3, 0.4) is 0 Å². The fourth-order valence-electron chi connectivity index (χ4n) is 2.72. The zero-order valence-corrected chi connectivity index (χ0v) is 13.5. The number of ether oxygens (including phenoxy) is 2. The average molecular weight is 307 g/mol. The molecule has 0 spiro atoms. The zero-order chi connectivity index (χ0) is 16.1. The van der Waals surface area contributed by atoms with Crippen LogP contribution in [0.2, 0.25) is 0 Å². The summed E-state index contributed by atoms with van der Waals surface area (Å²) in [7, 11) is 1.71.